The molecule has 3 rings (SSSR count). The van der Waals surface area contributed by atoms with Crippen molar-refractivity contribution in [1.82, 2.24) is 15.2 Å². The lowest BCUT2D eigenvalue weighted by atomic mass is 9.97. The second-order valence-electron chi connectivity index (χ2n) is 7.61. The number of piperazine rings is 1. The Morgan fingerprint density at radius 3 is 2.37 bits per heavy atom. The molecule has 0 spiro atoms. The SMILES string of the molecule is CC(C)C[C@H](NC(=O)CN1CCN(c2ccccn2)CC1)c1ccccc1. The highest BCUT2D eigenvalue weighted by Gasteiger charge is 2.22. The van der Waals surface area contributed by atoms with Gasteiger partial charge in [0, 0.05) is 32.4 Å². The van der Waals surface area contributed by atoms with Gasteiger partial charge in [-0.2, -0.15) is 0 Å². The van der Waals surface area contributed by atoms with Gasteiger partial charge in [0.1, 0.15) is 5.82 Å². The molecule has 1 aromatic heterocycles. The summed E-state index contributed by atoms with van der Waals surface area (Å²) in [7, 11) is 0. The summed E-state index contributed by atoms with van der Waals surface area (Å²) in [5.41, 5.74) is 1.18. The maximum Gasteiger partial charge on any atom is 0.234 e. The van der Waals surface area contributed by atoms with E-state index in [0.717, 1.165) is 38.4 Å². The third-order valence-electron chi connectivity index (χ3n) is 4.96. The Labute approximate surface area is 162 Å². The molecule has 5 heteroatoms. The molecule has 1 amide bonds. The number of carbonyl (C=O) groups is 1. The Hall–Kier alpha value is -2.40. The highest BCUT2D eigenvalue weighted by molar-refractivity contribution is 5.78. The van der Waals surface area contributed by atoms with Crippen LogP contribution in [0.3, 0.4) is 0 Å². The standard InChI is InChI=1S/C22H30N4O/c1-18(2)16-20(19-8-4-3-5-9-19)24-22(27)17-25-12-14-26(15-13-25)21-10-6-7-11-23-21/h3-11,18,20H,12-17H2,1-2H3,(H,24,27)/t20-/m0/s1. The van der Waals surface area contributed by atoms with Crippen LogP contribution in [-0.4, -0.2) is 48.5 Å². The van der Waals surface area contributed by atoms with Crippen molar-refractivity contribution in [2.45, 2.75) is 26.3 Å². The molecule has 1 atom stereocenters. The first kappa shape index (κ1) is 19.4. The van der Waals surface area contributed by atoms with Crippen LogP contribution in [0.5, 0.6) is 0 Å². The third-order valence-corrected chi connectivity index (χ3v) is 4.96. The minimum atomic E-state index is 0.0773. The van der Waals surface area contributed by atoms with Gasteiger partial charge in [-0.25, -0.2) is 4.98 Å². The minimum absolute atomic E-state index is 0.0773. The average molecular weight is 367 g/mol. The summed E-state index contributed by atoms with van der Waals surface area (Å²) in [4.78, 5) is 21.6. The van der Waals surface area contributed by atoms with Crippen LogP contribution in [0.2, 0.25) is 0 Å². The molecular formula is C22H30N4O. The third kappa shape index (κ3) is 5.79. The van der Waals surface area contributed by atoms with Crippen molar-refractivity contribution in [2.75, 3.05) is 37.6 Å². The number of rotatable bonds is 7. The number of carbonyl (C=O) groups excluding carboxylic acids is 1. The van der Waals surface area contributed by atoms with Crippen LogP contribution in [-0.2, 0) is 4.79 Å². The highest BCUT2D eigenvalue weighted by Crippen LogP contribution is 2.21. The van der Waals surface area contributed by atoms with Gasteiger partial charge in [-0.05, 0) is 30.0 Å². The average Bonchev–Trinajstić information content (AvgIpc) is 2.69. The van der Waals surface area contributed by atoms with Crippen molar-refractivity contribution >= 4 is 11.7 Å². The van der Waals surface area contributed by atoms with Crippen LogP contribution >= 0.6 is 0 Å². The summed E-state index contributed by atoms with van der Waals surface area (Å²) < 4.78 is 0. The van der Waals surface area contributed by atoms with Gasteiger partial charge >= 0.3 is 0 Å². The molecule has 2 heterocycles. The summed E-state index contributed by atoms with van der Waals surface area (Å²) in [5.74, 6) is 1.65. The molecule has 1 saturated heterocycles. The fourth-order valence-corrected chi connectivity index (χ4v) is 3.55. The highest BCUT2D eigenvalue weighted by atomic mass is 16.2. The van der Waals surface area contributed by atoms with Crippen LogP contribution in [0.1, 0.15) is 31.9 Å². The Bertz CT molecular complexity index is 697. The summed E-state index contributed by atoms with van der Waals surface area (Å²) in [6.07, 6.45) is 2.77. The largest absolute Gasteiger partial charge is 0.354 e. The Kier molecular flexibility index (Phi) is 6.82. The second kappa shape index (κ2) is 9.51. The topological polar surface area (TPSA) is 48.5 Å². The molecule has 1 aliphatic rings. The van der Waals surface area contributed by atoms with Crippen molar-refractivity contribution in [3.63, 3.8) is 0 Å². The summed E-state index contributed by atoms with van der Waals surface area (Å²) in [6, 6.07) is 16.3. The number of anilines is 1. The van der Waals surface area contributed by atoms with Gasteiger partial charge in [0.15, 0.2) is 0 Å². The van der Waals surface area contributed by atoms with Gasteiger partial charge in [0.05, 0.1) is 12.6 Å². The maximum atomic E-state index is 12.6. The van der Waals surface area contributed by atoms with E-state index in [1.54, 1.807) is 0 Å². The molecule has 1 aliphatic heterocycles. The zero-order chi connectivity index (χ0) is 19.1. The molecule has 0 bridgehead atoms. The van der Waals surface area contributed by atoms with Crippen LogP contribution in [0.25, 0.3) is 0 Å². The number of nitrogens with one attached hydrogen (secondary N) is 1. The first-order valence-electron chi connectivity index (χ1n) is 9.84. The van der Waals surface area contributed by atoms with E-state index in [1.807, 2.05) is 42.6 Å². The van der Waals surface area contributed by atoms with E-state index < -0.39 is 0 Å². The van der Waals surface area contributed by atoms with Gasteiger partial charge in [-0.15, -0.1) is 0 Å². The normalized spacial score (nSPS) is 16.3. The smallest absolute Gasteiger partial charge is 0.234 e. The van der Waals surface area contributed by atoms with Crippen LogP contribution in [0.4, 0.5) is 5.82 Å². The number of pyridine rings is 1. The van der Waals surface area contributed by atoms with Crippen molar-refractivity contribution in [3.8, 4) is 0 Å². The van der Waals surface area contributed by atoms with E-state index in [-0.39, 0.29) is 11.9 Å². The Morgan fingerprint density at radius 1 is 1.04 bits per heavy atom. The van der Waals surface area contributed by atoms with Crippen molar-refractivity contribution in [3.05, 3.63) is 60.3 Å². The number of hydrogen-bond donors (Lipinski definition) is 1. The number of hydrogen-bond acceptors (Lipinski definition) is 4. The van der Waals surface area contributed by atoms with E-state index in [1.165, 1.54) is 5.56 Å². The zero-order valence-electron chi connectivity index (χ0n) is 16.3. The molecule has 1 aromatic carbocycles. The number of amides is 1. The first-order valence-corrected chi connectivity index (χ1v) is 9.84. The molecule has 0 unspecified atom stereocenters. The summed E-state index contributed by atoms with van der Waals surface area (Å²) in [6.45, 7) is 8.40. The van der Waals surface area contributed by atoms with E-state index in [9.17, 15) is 4.79 Å². The van der Waals surface area contributed by atoms with Crippen LogP contribution in [0, 0.1) is 5.92 Å². The van der Waals surface area contributed by atoms with Gasteiger partial charge in [0.2, 0.25) is 5.91 Å². The lowest BCUT2D eigenvalue weighted by Gasteiger charge is -2.35. The molecule has 144 valence electrons. The molecule has 5 nitrogen and oxygen atoms in total. The Morgan fingerprint density at radius 2 is 1.74 bits per heavy atom. The molecule has 0 saturated carbocycles. The van der Waals surface area contributed by atoms with Crippen LogP contribution < -0.4 is 10.2 Å². The van der Waals surface area contributed by atoms with E-state index in [4.69, 9.17) is 0 Å². The number of benzene rings is 1. The van der Waals surface area contributed by atoms with Gasteiger partial charge in [0.25, 0.3) is 0 Å². The minimum Gasteiger partial charge on any atom is -0.354 e. The fourth-order valence-electron chi connectivity index (χ4n) is 3.55. The molecular weight excluding hydrogens is 336 g/mol. The van der Waals surface area contributed by atoms with E-state index in [2.05, 4.69) is 46.1 Å². The number of nitrogens with zero attached hydrogens (tertiary/aromatic N) is 3. The summed E-state index contributed by atoms with van der Waals surface area (Å²) in [5, 5.41) is 3.25. The lowest BCUT2D eigenvalue weighted by molar-refractivity contribution is -0.123. The molecule has 2 aromatic rings. The van der Waals surface area contributed by atoms with Crippen molar-refractivity contribution in [1.29, 1.82) is 0 Å². The van der Waals surface area contributed by atoms with Crippen LogP contribution in [0.15, 0.2) is 54.7 Å². The zero-order valence-corrected chi connectivity index (χ0v) is 16.3. The second-order valence-corrected chi connectivity index (χ2v) is 7.61. The van der Waals surface area contributed by atoms with Gasteiger partial charge in [-0.1, -0.05) is 50.2 Å². The quantitative estimate of drug-likeness (QED) is 0.818. The van der Waals surface area contributed by atoms with Crippen molar-refractivity contribution < 1.29 is 4.79 Å². The predicted molar refractivity (Wildman–Crippen MR) is 110 cm³/mol. The molecule has 0 aliphatic carbocycles. The van der Waals surface area contributed by atoms with E-state index in [0.29, 0.717) is 12.5 Å². The monoisotopic (exact) mass is 366 g/mol. The van der Waals surface area contributed by atoms with E-state index >= 15 is 0 Å². The number of aromatic nitrogens is 1. The molecule has 0 radical (unpaired) electrons. The van der Waals surface area contributed by atoms with Gasteiger partial charge in [-0.3, -0.25) is 9.69 Å². The first-order chi connectivity index (χ1) is 13.1. The van der Waals surface area contributed by atoms with Gasteiger partial charge < -0.3 is 10.2 Å². The maximum absolute atomic E-state index is 12.6. The fraction of sp³-hybridized carbons (Fsp3) is 0.455. The molecule has 1 fully saturated rings. The predicted octanol–water partition coefficient (Wildman–Crippen LogP) is 3.11. The molecule has 1 N–H and O–H groups in total. The van der Waals surface area contributed by atoms with Crippen molar-refractivity contribution in [2.24, 2.45) is 5.92 Å². The Balaban J connectivity index is 1.51. The lowest BCUT2D eigenvalue weighted by Crippen LogP contribution is -2.50. The molecule has 27 heavy (non-hydrogen) atoms. The summed E-state index contributed by atoms with van der Waals surface area (Å²) >= 11 is 0.